The number of amides is 1. The monoisotopic (exact) mass is 376 g/mol. The van der Waals surface area contributed by atoms with Gasteiger partial charge in [-0.1, -0.05) is 36.4 Å². The summed E-state index contributed by atoms with van der Waals surface area (Å²) in [4.78, 5) is 16.5. The van der Waals surface area contributed by atoms with Crippen molar-refractivity contribution in [2.75, 3.05) is 5.32 Å². The van der Waals surface area contributed by atoms with Crippen LogP contribution < -0.4 is 5.32 Å². The van der Waals surface area contributed by atoms with Gasteiger partial charge in [-0.05, 0) is 28.1 Å². The minimum absolute atomic E-state index is 0.0287. The van der Waals surface area contributed by atoms with E-state index in [-0.39, 0.29) is 5.56 Å². The summed E-state index contributed by atoms with van der Waals surface area (Å²) in [6, 6.07) is 14.0. The molecule has 2 aromatic carbocycles. The molecule has 22 heavy (non-hydrogen) atoms. The van der Waals surface area contributed by atoms with Crippen LogP contribution in [0.3, 0.4) is 0 Å². The lowest BCUT2D eigenvalue weighted by molar-refractivity contribution is 0.102. The standard InChI is InChI=1S/C16H10BrFN2OS/c17-11-7-4-8-12(18)14(11)15(21)20-16-19-13(9-22-16)10-5-2-1-3-6-10/h1-9H,(H,19,20,21). The van der Waals surface area contributed by atoms with Crippen molar-refractivity contribution >= 4 is 38.3 Å². The largest absolute Gasteiger partial charge is 0.298 e. The van der Waals surface area contributed by atoms with Gasteiger partial charge in [-0.2, -0.15) is 0 Å². The topological polar surface area (TPSA) is 42.0 Å². The van der Waals surface area contributed by atoms with Gasteiger partial charge in [-0.15, -0.1) is 11.3 Å². The zero-order chi connectivity index (χ0) is 15.5. The van der Waals surface area contributed by atoms with Crippen LogP contribution in [0, 0.1) is 5.82 Å². The smallest absolute Gasteiger partial charge is 0.261 e. The van der Waals surface area contributed by atoms with Gasteiger partial charge in [-0.25, -0.2) is 9.37 Å². The lowest BCUT2D eigenvalue weighted by atomic mass is 10.2. The Hall–Kier alpha value is -2.05. The van der Waals surface area contributed by atoms with E-state index in [0.29, 0.717) is 9.60 Å². The number of aromatic nitrogens is 1. The summed E-state index contributed by atoms with van der Waals surface area (Å²) in [5.41, 5.74) is 1.71. The molecule has 0 aliphatic rings. The molecule has 1 aromatic heterocycles. The third-order valence-electron chi connectivity index (χ3n) is 2.98. The molecule has 0 aliphatic heterocycles. The molecule has 3 aromatic rings. The van der Waals surface area contributed by atoms with Gasteiger partial charge in [0.25, 0.3) is 5.91 Å². The highest BCUT2D eigenvalue weighted by atomic mass is 79.9. The normalized spacial score (nSPS) is 10.5. The molecule has 1 N–H and O–H groups in total. The van der Waals surface area contributed by atoms with E-state index in [0.717, 1.165) is 11.3 Å². The lowest BCUT2D eigenvalue weighted by Crippen LogP contribution is -2.14. The van der Waals surface area contributed by atoms with Crippen molar-refractivity contribution in [1.29, 1.82) is 0 Å². The number of benzene rings is 2. The van der Waals surface area contributed by atoms with Crippen molar-refractivity contribution < 1.29 is 9.18 Å². The number of halogens is 2. The number of nitrogens with one attached hydrogen (secondary N) is 1. The number of anilines is 1. The Morgan fingerprint density at radius 1 is 1.14 bits per heavy atom. The molecule has 6 heteroatoms. The Balaban J connectivity index is 1.82. The van der Waals surface area contributed by atoms with Crippen molar-refractivity contribution in [3.8, 4) is 11.3 Å². The first-order valence-electron chi connectivity index (χ1n) is 6.41. The molecule has 0 bridgehead atoms. The number of carbonyl (C=O) groups is 1. The predicted molar refractivity (Wildman–Crippen MR) is 89.6 cm³/mol. The summed E-state index contributed by atoms with van der Waals surface area (Å²) >= 11 is 4.48. The second kappa shape index (κ2) is 6.37. The van der Waals surface area contributed by atoms with Crippen LogP contribution in [-0.2, 0) is 0 Å². The van der Waals surface area contributed by atoms with Crippen molar-refractivity contribution in [2.45, 2.75) is 0 Å². The summed E-state index contributed by atoms with van der Waals surface area (Å²) in [6.45, 7) is 0. The average molecular weight is 377 g/mol. The van der Waals surface area contributed by atoms with E-state index >= 15 is 0 Å². The third kappa shape index (κ3) is 3.08. The maximum atomic E-state index is 13.8. The van der Waals surface area contributed by atoms with Crippen LogP contribution in [0.5, 0.6) is 0 Å². The van der Waals surface area contributed by atoms with E-state index in [1.807, 2.05) is 35.7 Å². The van der Waals surface area contributed by atoms with Crippen LogP contribution in [0.4, 0.5) is 9.52 Å². The first kappa shape index (κ1) is 14.9. The highest BCUT2D eigenvalue weighted by molar-refractivity contribution is 9.10. The van der Waals surface area contributed by atoms with Crippen LogP contribution in [0.25, 0.3) is 11.3 Å². The summed E-state index contributed by atoms with van der Waals surface area (Å²) in [5, 5.41) is 4.91. The van der Waals surface area contributed by atoms with Crippen molar-refractivity contribution in [2.24, 2.45) is 0 Å². The van der Waals surface area contributed by atoms with E-state index < -0.39 is 11.7 Å². The van der Waals surface area contributed by atoms with Crippen LogP contribution in [0.15, 0.2) is 58.4 Å². The quantitative estimate of drug-likeness (QED) is 0.701. The maximum Gasteiger partial charge on any atom is 0.261 e. The average Bonchev–Trinajstić information content (AvgIpc) is 2.96. The SMILES string of the molecule is O=C(Nc1nc(-c2ccccc2)cs1)c1c(F)cccc1Br. The fraction of sp³-hybridized carbons (Fsp3) is 0. The Morgan fingerprint density at radius 2 is 1.91 bits per heavy atom. The van der Waals surface area contributed by atoms with Crippen molar-refractivity contribution in [3.63, 3.8) is 0 Å². The number of carbonyl (C=O) groups excluding carboxylic acids is 1. The zero-order valence-corrected chi connectivity index (χ0v) is 13.6. The van der Waals surface area contributed by atoms with Crippen LogP contribution >= 0.6 is 27.3 Å². The summed E-state index contributed by atoms with van der Waals surface area (Å²) in [5.74, 6) is -1.11. The van der Waals surface area contributed by atoms with Crippen molar-refractivity contribution in [1.82, 2.24) is 4.98 Å². The molecule has 3 nitrogen and oxygen atoms in total. The molecule has 1 heterocycles. The molecular formula is C16H10BrFN2OS. The van der Waals surface area contributed by atoms with Gasteiger partial charge in [0.1, 0.15) is 5.82 Å². The second-order valence-corrected chi connectivity index (χ2v) is 6.17. The van der Waals surface area contributed by atoms with E-state index in [2.05, 4.69) is 26.2 Å². The molecule has 110 valence electrons. The number of hydrogen-bond acceptors (Lipinski definition) is 3. The zero-order valence-electron chi connectivity index (χ0n) is 11.2. The molecule has 0 saturated heterocycles. The Labute approximate surface area is 139 Å². The third-order valence-corrected chi connectivity index (χ3v) is 4.40. The molecule has 0 aliphatic carbocycles. The Morgan fingerprint density at radius 3 is 2.64 bits per heavy atom. The highest BCUT2D eigenvalue weighted by Crippen LogP contribution is 2.26. The summed E-state index contributed by atoms with van der Waals surface area (Å²) < 4.78 is 14.2. The van der Waals surface area contributed by atoms with Crippen molar-refractivity contribution in [3.05, 3.63) is 69.8 Å². The molecule has 0 saturated carbocycles. The van der Waals surface area contributed by atoms with E-state index in [4.69, 9.17) is 0 Å². The maximum absolute atomic E-state index is 13.8. The second-order valence-electron chi connectivity index (χ2n) is 4.45. The van der Waals surface area contributed by atoms with Gasteiger partial charge in [0.15, 0.2) is 5.13 Å². The van der Waals surface area contributed by atoms with Gasteiger partial charge in [-0.3, -0.25) is 10.1 Å². The van der Waals surface area contributed by atoms with E-state index in [9.17, 15) is 9.18 Å². The minimum Gasteiger partial charge on any atom is -0.298 e. The molecule has 0 unspecified atom stereocenters. The van der Waals surface area contributed by atoms with E-state index in [1.54, 1.807) is 6.07 Å². The van der Waals surface area contributed by atoms with Crippen LogP contribution in [-0.4, -0.2) is 10.9 Å². The molecule has 1 amide bonds. The number of rotatable bonds is 3. The first-order chi connectivity index (χ1) is 10.6. The molecular weight excluding hydrogens is 367 g/mol. The highest BCUT2D eigenvalue weighted by Gasteiger charge is 2.17. The summed E-state index contributed by atoms with van der Waals surface area (Å²) in [6.07, 6.45) is 0. The van der Waals surface area contributed by atoms with Gasteiger partial charge in [0.2, 0.25) is 0 Å². The van der Waals surface area contributed by atoms with Gasteiger partial charge >= 0.3 is 0 Å². The fourth-order valence-electron chi connectivity index (χ4n) is 1.95. The van der Waals surface area contributed by atoms with Gasteiger partial charge in [0, 0.05) is 15.4 Å². The van der Waals surface area contributed by atoms with Crippen LogP contribution in [0.1, 0.15) is 10.4 Å². The predicted octanol–water partition coefficient (Wildman–Crippen LogP) is 4.96. The van der Waals surface area contributed by atoms with Gasteiger partial charge in [0.05, 0.1) is 11.3 Å². The number of thiazole rings is 1. The van der Waals surface area contributed by atoms with Gasteiger partial charge < -0.3 is 0 Å². The van der Waals surface area contributed by atoms with Crippen LogP contribution in [0.2, 0.25) is 0 Å². The molecule has 0 atom stereocenters. The number of hydrogen-bond donors (Lipinski definition) is 1. The fourth-order valence-corrected chi connectivity index (χ4v) is 3.18. The molecule has 0 spiro atoms. The Bertz CT molecular complexity index is 800. The molecule has 3 rings (SSSR count). The minimum atomic E-state index is -0.577. The van der Waals surface area contributed by atoms with E-state index in [1.165, 1.54) is 23.5 Å². The number of nitrogens with zero attached hydrogens (tertiary/aromatic N) is 1. The lowest BCUT2D eigenvalue weighted by Gasteiger charge is -2.05. The first-order valence-corrected chi connectivity index (χ1v) is 8.09. The molecule has 0 fully saturated rings. The summed E-state index contributed by atoms with van der Waals surface area (Å²) in [7, 11) is 0. The Kier molecular flexibility index (Phi) is 4.31. The molecule has 0 radical (unpaired) electrons.